The van der Waals surface area contributed by atoms with Gasteiger partial charge >= 0.3 is 0 Å². The van der Waals surface area contributed by atoms with Gasteiger partial charge in [-0.2, -0.15) is 0 Å². The summed E-state index contributed by atoms with van der Waals surface area (Å²) in [7, 11) is 0. The van der Waals surface area contributed by atoms with E-state index in [1.165, 1.54) is 6.92 Å². The van der Waals surface area contributed by atoms with Gasteiger partial charge in [0.2, 0.25) is 5.76 Å². The van der Waals surface area contributed by atoms with Crippen LogP contribution in [0.1, 0.15) is 41.5 Å². The quantitative estimate of drug-likeness (QED) is 0.721. The Bertz CT molecular complexity index is 292. The summed E-state index contributed by atoms with van der Waals surface area (Å²) in [5.74, 6) is 0.622. The fourth-order valence-electron chi connectivity index (χ4n) is 2.00. The van der Waals surface area contributed by atoms with E-state index >= 15 is 0 Å². The van der Waals surface area contributed by atoms with Gasteiger partial charge in [0.15, 0.2) is 5.78 Å². The van der Waals surface area contributed by atoms with Crippen molar-refractivity contribution in [1.29, 1.82) is 0 Å². The van der Waals surface area contributed by atoms with E-state index in [1.54, 1.807) is 6.92 Å². The summed E-state index contributed by atoms with van der Waals surface area (Å²) < 4.78 is 11.5. The first-order valence-corrected chi connectivity index (χ1v) is 5.41. The van der Waals surface area contributed by atoms with Gasteiger partial charge in [-0.15, -0.1) is 0 Å². The SMILES string of the molecule is CC(=O)C1=C(C)OC(C(C)C)(C(C)C)O1. The fourth-order valence-corrected chi connectivity index (χ4v) is 2.00. The maximum absolute atomic E-state index is 11.3. The van der Waals surface area contributed by atoms with Gasteiger partial charge in [-0.1, -0.05) is 27.7 Å². The second kappa shape index (κ2) is 3.87. The van der Waals surface area contributed by atoms with Crippen LogP contribution in [0.15, 0.2) is 11.5 Å². The number of hydrogen-bond acceptors (Lipinski definition) is 3. The molecule has 1 aliphatic rings. The van der Waals surface area contributed by atoms with Crippen LogP contribution in [-0.2, 0) is 14.3 Å². The summed E-state index contributed by atoms with van der Waals surface area (Å²) in [5.41, 5.74) is 0. The molecule has 0 radical (unpaired) electrons. The van der Waals surface area contributed by atoms with E-state index in [-0.39, 0.29) is 17.6 Å². The van der Waals surface area contributed by atoms with E-state index < -0.39 is 5.79 Å². The number of carbonyl (C=O) groups excluding carboxylic acids is 1. The van der Waals surface area contributed by atoms with Gasteiger partial charge in [-0.05, 0) is 6.92 Å². The second-order valence-electron chi connectivity index (χ2n) is 4.68. The van der Waals surface area contributed by atoms with Crippen molar-refractivity contribution in [2.75, 3.05) is 0 Å². The smallest absolute Gasteiger partial charge is 0.255 e. The topological polar surface area (TPSA) is 35.5 Å². The van der Waals surface area contributed by atoms with Crippen molar-refractivity contribution in [2.45, 2.75) is 47.3 Å². The molecule has 3 nitrogen and oxygen atoms in total. The normalized spacial score (nSPS) is 19.5. The molecular formula is C12H20O3. The average Bonchev–Trinajstić information content (AvgIpc) is 2.44. The number of hydrogen-bond donors (Lipinski definition) is 0. The third-order valence-corrected chi connectivity index (χ3v) is 2.82. The first-order chi connectivity index (χ1) is 6.81. The Morgan fingerprint density at radius 2 is 1.60 bits per heavy atom. The Morgan fingerprint density at radius 3 is 1.80 bits per heavy atom. The van der Waals surface area contributed by atoms with Crippen molar-refractivity contribution in [3.8, 4) is 0 Å². The molecule has 0 aliphatic carbocycles. The molecule has 0 aromatic rings. The molecule has 1 aliphatic heterocycles. The van der Waals surface area contributed by atoms with Gasteiger partial charge in [0.05, 0.1) is 0 Å². The summed E-state index contributed by atoms with van der Waals surface area (Å²) in [5, 5.41) is 0. The Balaban J connectivity index is 3.00. The van der Waals surface area contributed by atoms with Gasteiger partial charge < -0.3 is 9.47 Å². The molecule has 1 rings (SSSR count). The summed E-state index contributed by atoms with van der Waals surface area (Å²) in [6.07, 6.45) is 0. The highest BCUT2D eigenvalue weighted by Gasteiger charge is 2.48. The van der Waals surface area contributed by atoms with Crippen LogP contribution < -0.4 is 0 Å². The van der Waals surface area contributed by atoms with Crippen LogP contribution >= 0.6 is 0 Å². The van der Waals surface area contributed by atoms with Crippen LogP contribution in [0.5, 0.6) is 0 Å². The zero-order valence-corrected chi connectivity index (χ0v) is 10.4. The lowest BCUT2D eigenvalue weighted by Crippen LogP contribution is -2.42. The highest BCUT2D eigenvalue weighted by atomic mass is 16.7. The number of allylic oxidation sites excluding steroid dienone is 2. The zero-order valence-electron chi connectivity index (χ0n) is 10.4. The van der Waals surface area contributed by atoms with Crippen molar-refractivity contribution < 1.29 is 14.3 Å². The molecular weight excluding hydrogens is 192 g/mol. The summed E-state index contributed by atoms with van der Waals surface area (Å²) in [6, 6.07) is 0. The molecule has 0 atom stereocenters. The second-order valence-corrected chi connectivity index (χ2v) is 4.68. The van der Waals surface area contributed by atoms with Crippen molar-refractivity contribution in [2.24, 2.45) is 11.8 Å². The molecule has 86 valence electrons. The first kappa shape index (κ1) is 12.1. The molecule has 0 unspecified atom stereocenters. The fraction of sp³-hybridized carbons (Fsp3) is 0.750. The molecule has 0 saturated carbocycles. The highest BCUT2D eigenvalue weighted by molar-refractivity contribution is 5.92. The maximum atomic E-state index is 11.3. The largest absolute Gasteiger partial charge is 0.452 e. The predicted octanol–water partition coefficient (Wildman–Crippen LogP) is 2.86. The van der Waals surface area contributed by atoms with Gasteiger partial charge in [0, 0.05) is 18.8 Å². The lowest BCUT2D eigenvalue weighted by molar-refractivity contribution is -0.214. The molecule has 15 heavy (non-hydrogen) atoms. The van der Waals surface area contributed by atoms with Crippen molar-refractivity contribution in [3.05, 3.63) is 11.5 Å². The predicted molar refractivity (Wildman–Crippen MR) is 58.0 cm³/mol. The van der Waals surface area contributed by atoms with E-state index in [4.69, 9.17) is 9.47 Å². The number of rotatable bonds is 3. The van der Waals surface area contributed by atoms with Crippen LogP contribution in [0.4, 0.5) is 0 Å². The number of carbonyl (C=O) groups is 1. The molecule has 0 fully saturated rings. The monoisotopic (exact) mass is 212 g/mol. The summed E-state index contributed by atoms with van der Waals surface area (Å²) in [6.45, 7) is 11.4. The average molecular weight is 212 g/mol. The van der Waals surface area contributed by atoms with E-state index in [1.807, 2.05) is 27.7 Å². The minimum absolute atomic E-state index is 0.0734. The molecule has 0 amide bonds. The standard InChI is InChI=1S/C12H20O3/c1-7(2)12(8(3)4)14-10(6)11(15-12)9(5)13/h7-8H,1-6H3. The minimum Gasteiger partial charge on any atom is -0.452 e. The van der Waals surface area contributed by atoms with Crippen molar-refractivity contribution in [1.82, 2.24) is 0 Å². The molecule has 3 heteroatoms. The Morgan fingerprint density at radius 1 is 1.13 bits per heavy atom. The third-order valence-electron chi connectivity index (χ3n) is 2.82. The van der Waals surface area contributed by atoms with Gasteiger partial charge in [0.25, 0.3) is 5.79 Å². The number of ether oxygens (including phenoxy) is 2. The van der Waals surface area contributed by atoms with Gasteiger partial charge in [-0.25, -0.2) is 0 Å². The number of ketones is 1. The first-order valence-electron chi connectivity index (χ1n) is 5.41. The van der Waals surface area contributed by atoms with Crippen LogP contribution in [0.2, 0.25) is 0 Å². The van der Waals surface area contributed by atoms with Gasteiger partial charge in [0.1, 0.15) is 5.76 Å². The Hall–Kier alpha value is -0.990. The maximum Gasteiger partial charge on any atom is 0.255 e. The lowest BCUT2D eigenvalue weighted by Gasteiger charge is -2.36. The van der Waals surface area contributed by atoms with Crippen LogP contribution in [0, 0.1) is 11.8 Å². The summed E-state index contributed by atoms with van der Waals surface area (Å²) >= 11 is 0. The number of Topliss-reactive ketones (excluding diaryl/α,β-unsaturated/α-hetero) is 1. The van der Waals surface area contributed by atoms with E-state index in [0.29, 0.717) is 11.5 Å². The van der Waals surface area contributed by atoms with Crippen molar-refractivity contribution >= 4 is 5.78 Å². The Labute approximate surface area is 91.4 Å². The molecule has 1 heterocycles. The highest BCUT2D eigenvalue weighted by Crippen LogP contribution is 2.41. The third kappa shape index (κ3) is 1.87. The van der Waals surface area contributed by atoms with Gasteiger partial charge in [-0.3, -0.25) is 4.79 Å². The molecule has 0 spiro atoms. The van der Waals surface area contributed by atoms with E-state index in [9.17, 15) is 4.79 Å². The minimum atomic E-state index is -0.676. The molecule has 0 saturated heterocycles. The van der Waals surface area contributed by atoms with E-state index in [2.05, 4.69) is 0 Å². The van der Waals surface area contributed by atoms with Crippen LogP contribution in [0.3, 0.4) is 0 Å². The van der Waals surface area contributed by atoms with Crippen LogP contribution in [-0.4, -0.2) is 11.6 Å². The summed E-state index contributed by atoms with van der Waals surface area (Å²) in [4.78, 5) is 11.3. The molecule has 0 aromatic heterocycles. The van der Waals surface area contributed by atoms with Crippen LogP contribution in [0.25, 0.3) is 0 Å². The Kier molecular flexibility index (Phi) is 3.12. The zero-order chi connectivity index (χ0) is 11.8. The molecule has 0 N–H and O–H groups in total. The molecule has 0 bridgehead atoms. The van der Waals surface area contributed by atoms with E-state index in [0.717, 1.165) is 0 Å². The molecule has 0 aromatic carbocycles. The lowest BCUT2D eigenvalue weighted by atomic mass is 9.91. The van der Waals surface area contributed by atoms with Crippen molar-refractivity contribution in [3.63, 3.8) is 0 Å².